The van der Waals surface area contributed by atoms with Gasteiger partial charge in [0, 0.05) is 30.8 Å². The summed E-state index contributed by atoms with van der Waals surface area (Å²) in [4.78, 5) is 22.8. The fourth-order valence-electron chi connectivity index (χ4n) is 1.36. The van der Waals surface area contributed by atoms with E-state index in [9.17, 15) is 9.59 Å². The van der Waals surface area contributed by atoms with E-state index < -0.39 is 0 Å². The number of rotatable bonds is 5. The molecule has 2 amide bonds. The van der Waals surface area contributed by atoms with Gasteiger partial charge in [-0.15, -0.1) is 0 Å². The van der Waals surface area contributed by atoms with Crippen molar-refractivity contribution >= 4 is 17.5 Å². The van der Waals surface area contributed by atoms with Crippen LogP contribution in [0.3, 0.4) is 0 Å². The van der Waals surface area contributed by atoms with Crippen molar-refractivity contribution in [3.8, 4) is 0 Å². The van der Waals surface area contributed by atoms with Gasteiger partial charge in [-0.1, -0.05) is 6.07 Å². The topological polar surface area (TPSA) is 84.2 Å². The second kappa shape index (κ2) is 6.52. The molecule has 0 aliphatic carbocycles. The van der Waals surface area contributed by atoms with Gasteiger partial charge >= 0.3 is 0 Å². The highest BCUT2D eigenvalue weighted by atomic mass is 16.2. The molecule has 0 aliphatic heterocycles. The number of carbonyl (C=O) groups is 2. The van der Waals surface area contributed by atoms with Crippen molar-refractivity contribution in [2.45, 2.75) is 13.3 Å². The van der Waals surface area contributed by atoms with Crippen molar-refractivity contribution in [1.82, 2.24) is 10.6 Å². The highest BCUT2D eigenvalue weighted by Crippen LogP contribution is 2.05. The molecule has 1 rings (SSSR count). The fraction of sp³-hybridized carbons (Fsp3) is 0.333. The highest BCUT2D eigenvalue weighted by molar-refractivity contribution is 5.95. The molecule has 0 saturated carbocycles. The van der Waals surface area contributed by atoms with Crippen LogP contribution in [0.4, 0.5) is 5.69 Å². The van der Waals surface area contributed by atoms with Gasteiger partial charge in [0.05, 0.1) is 0 Å². The van der Waals surface area contributed by atoms with Gasteiger partial charge in [0.15, 0.2) is 0 Å². The van der Waals surface area contributed by atoms with Crippen LogP contribution < -0.4 is 16.4 Å². The van der Waals surface area contributed by atoms with Gasteiger partial charge in [-0.2, -0.15) is 0 Å². The Kier molecular flexibility index (Phi) is 5.00. The molecule has 0 spiro atoms. The van der Waals surface area contributed by atoms with Gasteiger partial charge < -0.3 is 16.4 Å². The van der Waals surface area contributed by atoms with Crippen LogP contribution in [-0.2, 0) is 4.79 Å². The molecule has 0 aliphatic rings. The Morgan fingerprint density at radius 2 is 2.06 bits per heavy atom. The molecule has 0 atom stereocenters. The van der Waals surface area contributed by atoms with Crippen molar-refractivity contribution in [2.75, 3.05) is 18.8 Å². The van der Waals surface area contributed by atoms with E-state index >= 15 is 0 Å². The van der Waals surface area contributed by atoms with Crippen molar-refractivity contribution in [3.63, 3.8) is 0 Å². The molecule has 4 N–H and O–H groups in total. The van der Waals surface area contributed by atoms with Gasteiger partial charge in [-0.05, 0) is 25.1 Å². The van der Waals surface area contributed by atoms with Crippen molar-refractivity contribution in [1.29, 1.82) is 0 Å². The lowest BCUT2D eigenvalue weighted by Crippen LogP contribution is -2.30. The number of amides is 2. The van der Waals surface area contributed by atoms with E-state index in [1.165, 1.54) is 0 Å². The number of nitrogen functional groups attached to an aromatic ring is 1. The first-order valence-electron chi connectivity index (χ1n) is 5.54. The Morgan fingerprint density at radius 3 is 2.71 bits per heavy atom. The molecule has 0 saturated heterocycles. The van der Waals surface area contributed by atoms with Gasteiger partial charge in [-0.3, -0.25) is 9.59 Å². The maximum Gasteiger partial charge on any atom is 0.251 e. The van der Waals surface area contributed by atoms with E-state index in [1.807, 2.05) is 6.92 Å². The van der Waals surface area contributed by atoms with Crippen LogP contribution in [0.25, 0.3) is 0 Å². The van der Waals surface area contributed by atoms with E-state index in [1.54, 1.807) is 24.3 Å². The summed E-state index contributed by atoms with van der Waals surface area (Å²) in [5.41, 5.74) is 6.61. The minimum atomic E-state index is -0.221. The molecule has 5 heteroatoms. The Bertz CT molecular complexity index is 404. The minimum absolute atomic E-state index is 0.0691. The summed E-state index contributed by atoms with van der Waals surface area (Å²) in [6.07, 6.45) is 0.280. The maximum atomic E-state index is 11.6. The zero-order valence-electron chi connectivity index (χ0n) is 9.82. The molecule has 0 heterocycles. The number of nitrogens with one attached hydrogen (secondary N) is 2. The number of benzene rings is 1. The van der Waals surface area contributed by atoms with Crippen LogP contribution in [0.2, 0.25) is 0 Å². The van der Waals surface area contributed by atoms with Crippen LogP contribution >= 0.6 is 0 Å². The molecular weight excluding hydrogens is 218 g/mol. The molecule has 0 unspecified atom stereocenters. The summed E-state index contributed by atoms with van der Waals surface area (Å²) >= 11 is 0. The normalized spacial score (nSPS) is 9.71. The van der Waals surface area contributed by atoms with Crippen molar-refractivity contribution < 1.29 is 9.59 Å². The Labute approximate surface area is 100 Å². The molecule has 1 aromatic carbocycles. The first-order valence-corrected chi connectivity index (χ1v) is 5.54. The first kappa shape index (κ1) is 13.0. The summed E-state index contributed by atoms with van der Waals surface area (Å²) < 4.78 is 0. The Morgan fingerprint density at radius 1 is 1.29 bits per heavy atom. The van der Waals surface area contributed by atoms with Gasteiger partial charge in [0.25, 0.3) is 5.91 Å². The Hall–Kier alpha value is -2.04. The zero-order chi connectivity index (χ0) is 12.7. The fourth-order valence-corrected chi connectivity index (χ4v) is 1.36. The SMILES string of the molecule is CCNC(=O)CCNC(=O)c1cccc(N)c1. The summed E-state index contributed by atoms with van der Waals surface area (Å²) in [5, 5.41) is 5.32. The largest absolute Gasteiger partial charge is 0.399 e. The Balaban J connectivity index is 2.38. The quantitative estimate of drug-likeness (QED) is 0.651. The van der Waals surface area contributed by atoms with Gasteiger partial charge in [0.2, 0.25) is 5.91 Å². The molecule has 0 fully saturated rings. The van der Waals surface area contributed by atoms with Crippen molar-refractivity contribution in [3.05, 3.63) is 29.8 Å². The molecule has 0 radical (unpaired) electrons. The second-order valence-corrected chi connectivity index (χ2v) is 3.58. The molecule has 92 valence electrons. The van der Waals surface area contributed by atoms with Crippen LogP contribution in [0, 0.1) is 0 Å². The van der Waals surface area contributed by atoms with Crippen LogP contribution in [0.1, 0.15) is 23.7 Å². The molecule has 17 heavy (non-hydrogen) atoms. The number of hydrogen-bond donors (Lipinski definition) is 3. The molecule has 0 aromatic heterocycles. The summed E-state index contributed by atoms with van der Waals surface area (Å²) in [6.45, 7) is 2.77. The standard InChI is InChI=1S/C12H17N3O2/c1-2-14-11(16)6-7-15-12(17)9-4-3-5-10(13)8-9/h3-5,8H,2,6-7,13H2,1H3,(H,14,16)(H,15,17). The number of carbonyl (C=O) groups excluding carboxylic acids is 2. The maximum absolute atomic E-state index is 11.6. The molecular formula is C12H17N3O2. The lowest BCUT2D eigenvalue weighted by molar-refractivity contribution is -0.120. The molecule has 0 bridgehead atoms. The van der Waals surface area contributed by atoms with E-state index in [-0.39, 0.29) is 18.2 Å². The third kappa shape index (κ3) is 4.55. The minimum Gasteiger partial charge on any atom is -0.399 e. The predicted molar refractivity (Wildman–Crippen MR) is 66.5 cm³/mol. The van der Waals surface area contributed by atoms with Gasteiger partial charge in [0.1, 0.15) is 0 Å². The average molecular weight is 235 g/mol. The summed E-state index contributed by atoms with van der Waals surface area (Å²) in [7, 11) is 0. The highest BCUT2D eigenvalue weighted by Gasteiger charge is 2.06. The second-order valence-electron chi connectivity index (χ2n) is 3.58. The van der Waals surface area contributed by atoms with Crippen LogP contribution in [0.15, 0.2) is 24.3 Å². The zero-order valence-corrected chi connectivity index (χ0v) is 9.82. The number of anilines is 1. The van der Waals surface area contributed by atoms with E-state index in [0.29, 0.717) is 24.3 Å². The molecule has 1 aromatic rings. The van der Waals surface area contributed by atoms with Crippen molar-refractivity contribution in [2.24, 2.45) is 0 Å². The monoisotopic (exact) mass is 235 g/mol. The lowest BCUT2D eigenvalue weighted by atomic mass is 10.2. The van der Waals surface area contributed by atoms with Gasteiger partial charge in [-0.25, -0.2) is 0 Å². The summed E-state index contributed by atoms with van der Waals surface area (Å²) in [5.74, 6) is -0.290. The summed E-state index contributed by atoms with van der Waals surface area (Å²) in [6, 6.07) is 6.71. The first-order chi connectivity index (χ1) is 8.13. The smallest absolute Gasteiger partial charge is 0.251 e. The third-order valence-electron chi connectivity index (χ3n) is 2.16. The lowest BCUT2D eigenvalue weighted by Gasteiger charge is -2.05. The van der Waals surface area contributed by atoms with Crippen LogP contribution in [0.5, 0.6) is 0 Å². The third-order valence-corrected chi connectivity index (χ3v) is 2.16. The predicted octanol–water partition coefficient (Wildman–Crippen LogP) is 0.525. The van der Waals surface area contributed by atoms with Crippen LogP contribution in [-0.4, -0.2) is 24.9 Å². The number of nitrogens with two attached hydrogens (primary N) is 1. The average Bonchev–Trinajstić information content (AvgIpc) is 2.29. The van der Waals surface area contributed by atoms with E-state index in [2.05, 4.69) is 10.6 Å². The number of hydrogen-bond acceptors (Lipinski definition) is 3. The van der Waals surface area contributed by atoms with E-state index in [0.717, 1.165) is 0 Å². The molecule has 5 nitrogen and oxygen atoms in total. The van der Waals surface area contributed by atoms with E-state index in [4.69, 9.17) is 5.73 Å².